The molecule has 1 aliphatic carbocycles. The second kappa shape index (κ2) is 9.95. The molecule has 1 N–H and O–H groups in total. The molecule has 0 amide bonds. The third-order valence-electron chi connectivity index (χ3n) is 3.75. The summed E-state index contributed by atoms with van der Waals surface area (Å²) >= 11 is 0. The molecule has 4 heteroatoms. The molecule has 0 heterocycles. The quantitative estimate of drug-likeness (QED) is 0.655. The van der Waals surface area contributed by atoms with E-state index in [1.165, 1.54) is 38.5 Å². The molecule has 1 aliphatic rings. The summed E-state index contributed by atoms with van der Waals surface area (Å²) in [6, 6.07) is 2.43. The molecule has 0 radical (unpaired) electrons. The molecule has 108 valence electrons. The summed E-state index contributed by atoms with van der Waals surface area (Å²) in [5.41, 5.74) is 0. The largest absolute Gasteiger partial charge is 0.397 e. The van der Waals surface area contributed by atoms with Gasteiger partial charge in [0.2, 0.25) is 0 Å². The van der Waals surface area contributed by atoms with E-state index in [9.17, 15) is 0 Å². The van der Waals surface area contributed by atoms with Gasteiger partial charge < -0.3 is 14.2 Å². The summed E-state index contributed by atoms with van der Waals surface area (Å²) in [6.07, 6.45) is 8.10. The second-order valence-electron chi connectivity index (χ2n) is 5.18. The highest BCUT2D eigenvalue weighted by atomic mass is 28.3. The van der Waals surface area contributed by atoms with Gasteiger partial charge in [0.25, 0.3) is 0 Å². The van der Waals surface area contributed by atoms with Crippen LogP contribution in [0.4, 0.5) is 0 Å². The Morgan fingerprint density at radius 3 is 2.17 bits per heavy atom. The number of hydrogen-bond donors (Lipinski definition) is 1. The lowest BCUT2D eigenvalue weighted by Crippen LogP contribution is -2.42. The molecular weight excluding hydrogens is 242 g/mol. The molecule has 0 bridgehead atoms. The van der Waals surface area contributed by atoms with Crippen molar-refractivity contribution in [1.82, 2.24) is 5.32 Å². The van der Waals surface area contributed by atoms with E-state index in [2.05, 4.69) is 26.1 Å². The first-order chi connectivity index (χ1) is 8.80. The van der Waals surface area contributed by atoms with Gasteiger partial charge in [0.1, 0.15) is 0 Å². The first kappa shape index (κ1) is 16.2. The van der Waals surface area contributed by atoms with Crippen molar-refractivity contribution in [1.29, 1.82) is 0 Å². The van der Waals surface area contributed by atoms with E-state index < -0.39 is 9.28 Å². The van der Waals surface area contributed by atoms with Crippen LogP contribution in [0, 0.1) is 0 Å². The van der Waals surface area contributed by atoms with Crippen LogP contribution in [0.1, 0.15) is 59.3 Å². The van der Waals surface area contributed by atoms with Crippen molar-refractivity contribution in [2.45, 2.75) is 77.4 Å². The highest BCUT2D eigenvalue weighted by molar-refractivity contribution is 6.44. The summed E-state index contributed by atoms with van der Waals surface area (Å²) in [4.78, 5) is 0. The van der Waals surface area contributed by atoms with E-state index in [4.69, 9.17) is 8.85 Å². The third-order valence-corrected chi connectivity index (χ3v) is 6.12. The molecule has 0 aliphatic heterocycles. The van der Waals surface area contributed by atoms with Crippen LogP contribution in [0.3, 0.4) is 0 Å². The predicted molar refractivity (Wildman–Crippen MR) is 79.3 cm³/mol. The van der Waals surface area contributed by atoms with Crippen LogP contribution in [0.5, 0.6) is 0 Å². The van der Waals surface area contributed by atoms with Crippen molar-refractivity contribution in [2.75, 3.05) is 13.2 Å². The Labute approximate surface area is 114 Å². The van der Waals surface area contributed by atoms with Crippen LogP contribution in [0.15, 0.2) is 0 Å². The molecule has 1 unspecified atom stereocenters. The molecular formula is C14H31NO2Si. The lowest BCUT2D eigenvalue weighted by Gasteiger charge is -2.29. The van der Waals surface area contributed by atoms with Gasteiger partial charge in [0, 0.05) is 31.3 Å². The topological polar surface area (TPSA) is 30.5 Å². The molecule has 0 spiro atoms. The molecule has 1 saturated carbocycles. The normalized spacial score (nSPS) is 19.3. The zero-order valence-corrected chi connectivity index (χ0v) is 13.6. The Bertz CT molecular complexity index is 192. The summed E-state index contributed by atoms with van der Waals surface area (Å²) in [7, 11) is -1.44. The maximum absolute atomic E-state index is 5.78. The van der Waals surface area contributed by atoms with Gasteiger partial charge in [-0.15, -0.1) is 0 Å². The molecule has 1 fully saturated rings. The zero-order chi connectivity index (χ0) is 13.2. The summed E-state index contributed by atoms with van der Waals surface area (Å²) in [5, 5.41) is 3.83. The molecule has 1 atom stereocenters. The highest BCUT2D eigenvalue weighted by Crippen LogP contribution is 2.19. The van der Waals surface area contributed by atoms with E-state index in [1.54, 1.807) is 0 Å². The fraction of sp³-hybridized carbons (Fsp3) is 1.00. The summed E-state index contributed by atoms with van der Waals surface area (Å²) in [5.74, 6) is 0. The van der Waals surface area contributed by atoms with Gasteiger partial charge in [-0.3, -0.25) is 0 Å². The van der Waals surface area contributed by atoms with Crippen molar-refractivity contribution < 1.29 is 8.85 Å². The van der Waals surface area contributed by atoms with Crippen LogP contribution in [0.25, 0.3) is 0 Å². The van der Waals surface area contributed by atoms with Crippen LogP contribution in [-0.2, 0) is 8.85 Å². The average molecular weight is 273 g/mol. The maximum Gasteiger partial charge on any atom is 0.322 e. The van der Waals surface area contributed by atoms with E-state index in [1.807, 2.05) is 0 Å². The Hall–Kier alpha value is 0.0969. The molecule has 0 aromatic carbocycles. The zero-order valence-electron chi connectivity index (χ0n) is 12.4. The van der Waals surface area contributed by atoms with E-state index >= 15 is 0 Å². The van der Waals surface area contributed by atoms with Gasteiger partial charge >= 0.3 is 9.28 Å². The van der Waals surface area contributed by atoms with Crippen LogP contribution in [0.2, 0.25) is 6.04 Å². The van der Waals surface area contributed by atoms with Crippen molar-refractivity contribution in [3.05, 3.63) is 0 Å². The van der Waals surface area contributed by atoms with Gasteiger partial charge in [-0.2, -0.15) is 0 Å². The van der Waals surface area contributed by atoms with Crippen LogP contribution < -0.4 is 5.32 Å². The first-order valence-electron chi connectivity index (χ1n) is 7.79. The van der Waals surface area contributed by atoms with E-state index in [0.717, 1.165) is 25.3 Å². The van der Waals surface area contributed by atoms with Crippen molar-refractivity contribution in [3.8, 4) is 0 Å². The number of hydrogen-bond acceptors (Lipinski definition) is 3. The van der Waals surface area contributed by atoms with Gasteiger partial charge in [-0.25, -0.2) is 0 Å². The van der Waals surface area contributed by atoms with E-state index in [0.29, 0.717) is 6.04 Å². The Kier molecular flexibility index (Phi) is 8.93. The highest BCUT2D eigenvalue weighted by Gasteiger charge is 2.22. The number of rotatable bonds is 9. The smallest absolute Gasteiger partial charge is 0.322 e. The molecule has 3 nitrogen and oxygen atoms in total. The number of nitrogens with one attached hydrogen (secondary N) is 1. The fourth-order valence-corrected chi connectivity index (χ4v) is 4.79. The average Bonchev–Trinajstić information content (AvgIpc) is 2.39. The second-order valence-corrected chi connectivity index (χ2v) is 7.18. The Morgan fingerprint density at radius 1 is 1.06 bits per heavy atom. The molecule has 18 heavy (non-hydrogen) atoms. The van der Waals surface area contributed by atoms with Crippen LogP contribution >= 0.6 is 0 Å². The lowest BCUT2D eigenvalue weighted by atomic mass is 9.95. The fourth-order valence-electron chi connectivity index (χ4n) is 2.74. The SMILES string of the molecule is CCO[SiH](CC(CC)NC1CCCCC1)OCC. The van der Waals surface area contributed by atoms with Crippen molar-refractivity contribution in [2.24, 2.45) is 0 Å². The minimum atomic E-state index is -1.44. The van der Waals surface area contributed by atoms with Gasteiger partial charge in [0.15, 0.2) is 0 Å². The summed E-state index contributed by atoms with van der Waals surface area (Å²) in [6.45, 7) is 7.97. The lowest BCUT2D eigenvalue weighted by molar-refractivity contribution is 0.207. The standard InChI is InChI=1S/C14H31NO2Si/c1-4-13(12-18(16-5-2)17-6-3)15-14-10-8-7-9-11-14/h13-15,18H,4-12H2,1-3H3. The van der Waals surface area contributed by atoms with Gasteiger partial charge in [0.05, 0.1) is 0 Å². The predicted octanol–water partition coefficient (Wildman–Crippen LogP) is 2.98. The molecule has 1 rings (SSSR count). The van der Waals surface area contributed by atoms with Crippen molar-refractivity contribution >= 4 is 9.28 Å². The van der Waals surface area contributed by atoms with Crippen LogP contribution in [-0.4, -0.2) is 34.6 Å². The maximum atomic E-state index is 5.78. The van der Waals surface area contributed by atoms with Gasteiger partial charge in [-0.05, 0) is 33.1 Å². The van der Waals surface area contributed by atoms with Gasteiger partial charge in [-0.1, -0.05) is 26.2 Å². The minimum Gasteiger partial charge on any atom is -0.397 e. The molecule has 0 saturated heterocycles. The van der Waals surface area contributed by atoms with Crippen molar-refractivity contribution in [3.63, 3.8) is 0 Å². The molecule has 0 aromatic heterocycles. The third kappa shape index (κ3) is 6.32. The minimum absolute atomic E-state index is 0.586. The summed E-state index contributed by atoms with van der Waals surface area (Å²) < 4.78 is 11.6. The molecule has 0 aromatic rings. The Balaban J connectivity index is 2.33. The Morgan fingerprint density at radius 2 is 1.67 bits per heavy atom. The first-order valence-corrected chi connectivity index (χ1v) is 9.55. The van der Waals surface area contributed by atoms with E-state index in [-0.39, 0.29) is 0 Å². The monoisotopic (exact) mass is 273 g/mol.